The van der Waals surface area contributed by atoms with Crippen molar-refractivity contribution in [2.45, 2.75) is 38.0 Å². The molecule has 1 atom stereocenters. The highest BCUT2D eigenvalue weighted by Gasteiger charge is 2.27. The molecule has 0 heterocycles. The van der Waals surface area contributed by atoms with E-state index < -0.39 is 10.1 Å². The molecular weight excluding hydrogens is 296 g/mol. The molecule has 0 aromatic heterocycles. The van der Waals surface area contributed by atoms with Crippen LogP contribution in [0.15, 0.2) is 24.3 Å². The van der Waals surface area contributed by atoms with E-state index in [1.54, 1.807) is 0 Å². The van der Waals surface area contributed by atoms with E-state index >= 15 is 0 Å². The zero-order valence-corrected chi connectivity index (χ0v) is 13.3. The van der Waals surface area contributed by atoms with E-state index in [1.165, 1.54) is 19.3 Å². The van der Waals surface area contributed by atoms with Gasteiger partial charge in [0.05, 0.1) is 12.9 Å². The van der Waals surface area contributed by atoms with Crippen LogP contribution >= 0.6 is 11.6 Å². The maximum absolute atomic E-state index is 11.3. The molecule has 0 aliphatic heterocycles. The van der Waals surface area contributed by atoms with Crippen LogP contribution in [0.1, 0.15) is 43.6 Å². The summed E-state index contributed by atoms with van der Waals surface area (Å²) in [7, 11) is -3.42. The smallest absolute Gasteiger partial charge is 0.264 e. The topological polar surface area (TPSA) is 43.4 Å². The molecule has 0 bridgehead atoms. The molecule has 112 valence electrons. The van der Waals surface area contributed by atoms with Crippen LogP contribution in [0.5, 0.6) is 0 Å². The SMILES string of the molecule is CS(=O)(=O)OCC(c1ccccc1Cl)C1CCCCC1. The summed E-state index contributed by atoms with van der Waals surface area (Å²) >= 11 is 6.28. The number of hydrogen-bond donors (Lipinski definition) is 0. The van der Waals surface area contributed by atoms with Gasteiger partial charge in [0, 0.05) is 10.9 Å². The second-order valence-electron chi connectivity index (χ2n) is 5.51. The Morgan fingerprint density at radius 2 is 1.90 bits per heavy atom. The first kappa shape index (κ1) is 15.8. The molecule has 5 heteroatoms. The molecule has 1 aromatic rings. The van der Waals surface area contributed by atoms with Gasteiger partial charge in [-0.05, 0) is 30.4 Å². The quantitative estimate of drug-likeness (QED) is 0.772. The molecule has 0 radical (unpaired) electrons. The van der Waals surface area contributed by atoms with Crippen LogP contribution in [0.25, 0.3) is 0 Å². The van der Waals surface area contributed by atoms with Crippen molar-refractivity contribution in [1.82, 2.24) is 0 Å². The minimum Gasteiger partial charge on any atom is -0.270 e. The van der Waals surface area contributed by atoms with Gasteiger partial charge in [-0.1, -0.05) is 49.1 Å². The zero-order valence-electron chi connectivity index (χ0n) is 11.7. The van der Waals surface area contributed by atoms with Crippen molar-refractivity contribution >= 4 is 21.7 Å². The minimum atomic E-state index is -3.42. The molecule has 1 fully saturated rings. The Kier molecular flexibility index (Phi) is 5.47. The van der Waals surface area contributed by atoms with Gasteiger partial charge in [-0.15, -0.1) is 0 Å². The molecule has 20 heavy (non-hydrogen) atoms. The van der Waals surface area contributed by atoms with Crippen molar-refractivity contribution in [3.05, 3.63) is 34.9 Å². The standard InChI is InChI=1S/C15H21ClO3S/c1-20(17,18)19-11-14(12-7-3-2-4-8-12)13-9-5-6-10-15(13)16/h5-6,9-10,12,14H,2-4,7-8,11H2,1H3. The first-order valence-electron chi connectivity index (χ1n) is 7.06. The summed E-state index contributed by atoms with van der Waals surface area (Å²) in [5.74, 6) is 0.504. The van der Waals surface area contributed by atoms with Gasteiger partial charge >= 0.3 is 0 Å². The number of halogens is 1. The Hall–Kier alpha value is -0.580. The van der Waals surface area contributed by atoms with Gasteiger partial charge in [0.15, 0.2) is 0 Å². The first-order valence-corrected chi connectivity index (χ1v) is 9.25. The monoisotopic (exact) mass is 316 g/mol. The van der Waals surface area contributed by atoms with Gasteiger partial charge in [0.25, 0.3) is 10.1 Å². The van der Waals surface area contributed by atoms with Gasteiger partial charge < -0.3 is 0 Å². The Balaban J connectivity index is 2.21. The van der Waals surface area contributed by atoms with Crippen LogP contribution in [0.4, 0.5) is 0 Å². The molecule has 1 aliphatic rings. The first-order chi connectivity index (χ1) is 9.47. The summed E-state index contributed by atoms with van der Waals surface area (Å²) in [5, 5.41) is 0.695. The van der Waals surface area contributed by atoms with E-state index in [1.807, 2.05) is 24.3 Å². The van der Waals surface area contributed by atoms with E-state index in [2.05, 4.69) is 0 Å². The number of benzene rings is 1. The Morgan fingerprint density at radius 1 is 1.25 bits per heavy atom. The van der Waals surface area contributed by atoms with Gasteiger partial charge in [-0.2, -0.15) is 8.42 Å². The van der Waals surface area contributed by atoms with Crippen molar-refractivity contribution in [3.8, 4) is 0 Å². The molecule has 1 aliphatic carbocycles. The molecule has 0 amide bonds. The molecule has 0 spiro atoms. The lowest BCUT2D eigenvalue weighted by Gasteiger charge is -2.30. The summed E-state index contributed by atoms with van der Waals surface area (Å²) in [6.07, 6.45) is 6.98. The molecule has 3 nitrogen and oxygen atoms in total. The van der Waals surface area contributed by atoms with Crippen LogP contribution in [0.3, 0.4) is 0 Å². The van der Waals surface area contributed by atoms with Crippen LogP contribution in [-0.4, -0.2) is 21.3 Å². The third-order valence-corrected chi connectivity index (χ3v) is 4.89. The molecular formula is C15H21ClO3S. The Labute approximate surface area is 126 Å². The second-order valence-corrected chi connectivity index (χ2v) is 7.57. The van der Waals surface area contributed by atoms with Crippen molar-refractivity contribution in [1.29, 1.82) is 0 Å². The highest BCUT2D eigenvalue weighted by molar-refractivity contribution is 7.85. The van der Waals surface area contributed by atoms with Crippen molar-refractivity contribution in [3.63, 3.8) is 0 Å². The number of hydrogen-bond acceptors (Lipinski definition) is 3. The lowest BCUT2D eigenvalue weighted by atomic mass is 9.77. The lowest BCUT2D eigenvalue weighted by molar-refractivity contribution is 0.217. The van der Waals surface area contributed by atoms with Gasteiger partial charge in [-0.3, -0.25) is 4.18 Å². The van der Waals surface area contributed by atoms with Crippen molar-refractivity contribution in [2.75, 3.05) is 12.9 Å². The summed E-state index contributed by atoms with van der Waals surface area (Å²) < 4.78 is 27.6. The summed E-state index contributed by atoms with van der Waals surface area (Å²) in [6, 6.07) is 7.67. The summed E-state index contributed by atoms with van der Waals surface area (Å²) in [5.41, 5.74) is 1.00. The normalized spacial score (nSPS) is 18.9. The van der Waals surface area contributed by atoms with E-state index in [0.717, 1.165) is 24.7 Å². The van der Waals surface area contributed by atoms with E-state index in [4.69, 9.17) is 15.8 Å². The maximum Gasteiger partial charge on any atom is 0.264 e. The largest absolute Gasteiger partial charge is 0.270 e. The van der Waals surface area contributed by atoms with Crippen LogP contribution < -0.4 is 0 Å². The van der Waals surface area contributed by atoms with Gasteiger partial charge in [-0.25, -0.2) is 0 Å². The van der Waals surface area contributed by atoms with Gasteiger partial charge in [0.2, 0.25) is 0 Å². The fourth-order valence-corrected chi connectivity index (χ4v) is 3.66. The molecule has 1 saturated carbocycles. The molecule has 2 rings (SSSR count). The third-order valence-electron chi connectivity index (χ3n) is 3.99. The third kappa shape index (κ3) is 4.47. The summed E-state index contributed by atoms with van der Waals surface area (Å²) in [6.45, 7) is 0.188. The van der Waals surface area contributed by atoms with E-state index in [-0.39, 0.29) is 12.5 Å². The highest BCUT2D eigenvalue weighted by Crippen LogP contribution is 2.38. The zero-order chi connectivity index (χ0) is 14.6. The second kappa shape index (κ2) is 6.92. The molecule has 1 aromatic carbocycles. The molecule has 0 N–H and O–H groups in total. The number of rotatable bonds is 5. The fourth-order valence-electron chi connectivity index (χ4n) is 2.99. The van der Waals surface area contributed by atoms with Crippen LogP contribution in [0.2, 0.25) is 5.02 Å². The average Bonchev–Trinajstić information content (AvgIpc) is 2.41. The molecule has 1 unspecified atom stereocenters. The summed E-state index contributed by atoms with van der Waals surface area (Å²) in [4.78, 5) is 0. The fraction of sp³-hybridized carbons (Fsp3) is 0.600. The van der Waals surface area contributed by atoms with E-state index in [9.17, 15) is 8.42 Å². The maximum atomic E-state index is 11.3. The Morgan fingerprint density at radius 3 is 2.50 bits per heavy atom. The van der Waals surface area contributed by atoms with Crippen LogP contribution in [0, 0.1) is 5.92 Å². The highest BCUT2D eigenvalue weighted by atomic mass is 35.5. The van der Waals surface area contributed by atoms with Crippen molar-refractivity contribution < 1.29 is 12.6 Å². The van der Waals surface area contributed by atoms with Crippen molar-refractivity contribution in [2.24, 2.45) is 5.92 Å². The van der Waals surface area contributed by atoms with E-state index in [0.29, 0.717) is 10.9 Å². The van der Waals surface area contributed by atoms with Crippen LogP contribution in [-0.2, 0) is 14.3 Å². The minimum absolute atomic E-state index is 0.0544. The lowest BCUT2D eigenvalue weighted by Crippen LogP contribution is -2.22. The Bertz CT molecular complexity index is 536. The predicted molar refractivity (Wildman–Crippen MR) is 81.6 cm³/mol. The average molecular weight is 317 g/mol. The molecule has 0 saturated heterocycles. The van der Waals surface area contributed by atoms with Gasteiger partial charge in [0.1, 0.15) is 0 Å². The predicted octanol–water partition coefficient (Wildman–Crippen LogP) is 3.98.